The van der Waals surface area contributed by atoms with E-state index in [1.165, 1.54) is 4.90 Å². The highest BCUT2D eigenvalue weighted by Gasteiger charge is 2.64. The van der Waals surface area contributed by atoms with Gasteiger partial charge in [0.15, 0.2) is 11.5 Å². The Morgan fingerprint density at radius 3 is 2.16 bits per heavy atom. The van der Waals surface area contributed by atoms with Gasteiger partial charge in [-0.25, -0.2) is 14.2 Å². The van der Waals surface area contributed by atoms with Crippen LogP contribution in [0, 0.1) is 0 Å². The summed E-state index contributed by atoms with van der Waals surface area (Å²) < 4.78 is 109. The van der Waals surface area contributed by atoms with Crippen molar-refractivity contribution in [2.24, 2.45) is 7.05 Å². The second kappa shape index (κ2) is 9.03. The van der Waals surface area contributed by atoms with E-state index in [1.54, 1.807) is 45.0 Å². The molecule has 0 bridgehead atoms. The Hall–Kier alpha value is -3.65. The van der Waals surface area contributed by atoms with Crippen molar-refractivity contribution in [1.29, 1.82) is 0 Å². The van der Waals surface area contributed by atoms with Crippen LogP contribution >= 0.6 is 0 Å². The van der Waals surface area contributed by atoms with E-state index >= 15 is 0 Å². The standard InChI is InChI=1S/C22H21F8N5O2/c1-19(2,3)34(18(36)37)10-12-6-5-7-13(8-12)14-9-31-35(11-14)17-15(21(25,26)27)16(32-33(17)4)20(23,24)22(28,29)30/h5-9,11H,10H2,1-4H3,(H,36,37). The summed E-state index contributed by atoms with van der Waals surface area (Å²) in [5.41, 5.74) is -4.39. The van der Waals surface area contributed by atoms with Crippen molar-refractivity contribution < 1.29 is 45.0 Å². The molecule has 1 amide bonds. The van der Waals surface area contributed by atoms with Crippen LogP contribution in [-0.2, 0) is 25.7 Å². The molecule has 1 N–H and O–H groups in total. The first kappa shape index (κ1) is 27.9. The number of aromatic nitrogens is 4. The summed E-state index contributed by atoms with van der Waals surface area (Å²) in [7, 11) is 0.787. The highest BCUT2D eigenvalue weighted by atomic mass is 19.4. The second-order valence-corrected chi connectivity index (χ2v) is 9.15. The van der Waals surface area contributed by atoms with Crippen molar-refractivity contribution in [2.45, 2.75) is 51.1 Å². The number of aryl methyl sites for hydroxylation is 1. The highest BCUT2D eigenvalue weighted by Crippen LogP contribution is 2.49. The minimum atomic E-state index is -6.31. The lowest BCUT2D eigenvalue weighted by Gasteiger charge is -2.33. The third kappa shape index (κ3) is 5.39. The van der Waals surface area contributed by atoms with Gasteiger partial charge in [0.1, 0.15) is 5.56 Å². The normalized spacial score (nSPS) is 13.2. The topological polar surface area (TPSA) is 76.2 Å². The molecule has 0 fully saturated rings. The molecule has 2 heterocycles. The fraction of sp³-hybridized carbons (Fsp3) is 0.409. The van der Waals surface area contributed by atoms with Gasteiger partial charge in [0.25, 0.3) is 0 Å². The molecule has 202 valence electrons. The van der Waals surface area contributed by atoms with Crippen LogP contribution in [0.25, 0.3) is 16.9 Å². The smallest absolute Gasteiger partial charge is 0.459 e. The SMILES string of the molecule is Cn1nc(C(F)(F)C(F)(F)F)c(C(F)(F)F)c1-n1cc(-c2cccc(CN(C(=O)O)C(C)(C)C)c2)cn1. The van der Waals surface area contributed by atoms with E-state index in [-0.39, 0.29) is 16.8 Å². The molecular weight excluding hydrogens is 518 g/mol. The van der Waals surface area contributed by atoms with Crippen molar-refractivity contribution in [2.75, 3.05) is 0 Å². The summed E-state index contributed by atoms with van der Waals surface area (Å²) in [6.07, 6.45) is -11.0. The maximum Gasteiger partial charge on any atom is 0.459 e. The number of carboxylic acid groups (broad SMARTS) is 1. The zero-order valence-corrected chi connectivity index (χ0v) is 19.8. The first-order valence-corrected chi connectivity index (χ1v) is 10.5. The molecule has 7 nitrogen and oxygen atoms in total. The lowest BCUT2D eigenvalue weighted by atomic mass is 10.0. The van der Waals surface area contributed by atoms with Crippen molar-refractivity contribution in [3.05, 3.63) is 53.5 Å². The van der Waals surface area contributed by atoms with E-state index in [1.807, 2.05) is 0 Å². The first-order chi connectivity index (χ1) is 16.7. The highest BCUT2D eigenvalue weighted by molar-refractivity contribution is 5.67. The Labute approximate surface area is 204 Å². The molecule has 1 aromatic carbocycles. The van der Waals surface area contributed by atoms with Gasteiger partial charge in [-0.1, -0.05) is 18.2 Å². The van der Waals surface area contributed by atoms with E-state index in [0.29, 0.717) is 15.8 Å². The Balaban J connectivity index is 2.08. The van der Waals surface area contributed by atoms with Crippen LogP contribution < -0.4 is 0 Å². The molecule has 0 radical (unpaired) electrons. The lowest BCUT2D eigenvalue weighted by Crippen LogP contribution is -2.44. The Morgan fingerprint density at radius 2 is 1.65 bits per heavy atom. The van der Waals surface area contributed by atoms with Gasteiger partial charge >= 0.3 is 24.4 Å². The van der Waals surface area contributed by atoms with Crippen molar-refractivity contribution in [3.63, 3.8) is 0 Å². The molecule has 0 saturated carbocycles. The fourth-order valence-electron chi connectivity index (χ4n) is 3.60. The van der Waals surface area contributed by atoms with Crippen LogP contribution in [0.2, 0.25) is 0 Å². The molecule has 0 atom stereocenters. The average Bonchev–Trinajstić information content (AvgIpc) is 3.34. The molecule has 37 heavy (non-hydrogen) atoms. The predicted octanol–water partition coefficient (Wildman–Crippen LogP) is 6.22. The summed E-state index contributed by atoms with van der Waals surface area (Å²) in [4.78, 5) is 12.8. The third-order valence-corrected chi connectivity index (χ3v) is 5.40. The molecule has 0 unspecified atom stereocenters. The van der Waals surface area contributed by atoms with E-state index in [2.05, 4.69) is 10.2 Å². The van der Waals surface area contributed by atoms with Crippen molar-refractivity contribution >= 4 is 6.09 Å². The number of alkyl halides is 8. The molecule has 0 aliphatic heterocycles. The minimum Gasteiger partial charge on any atom is -0.465 e. The van der Waals surface area contributed by atoms with Crippen LogP contribution in [0.1, 0.15) is 37.6 Å². The first-order valence-electron chi connectivity index (χ1n) is 10.5. The van der Waals surface area contributed by atoms with Crippen LogP contribution in [-0.4, -0.2) is 47.4 Å². The number of rotatable bonds is 5. The molecule has 0 aliphatic rings. The summed E-state index contributed by atoms with van der Waals surface area (Å²) in [6, 6.07) is 6.30. The van der Waals surface area contributed by atoms with Gasteiger partial charge < -0.3 is 5.11 Å². The fourth-order valence-corrected chi connectivity index (χ4v) is 3.60. The summed E-state index contributed by atoms with van der Waals surface area (Å²) in [6.45, 7) is 5.06. The van der Waals surface area contributed by atoms with E-state index < -0.39 is 47.0 Å². The van der Waals surface area contributed by atoms with E-state index in [9.17, 15) is 45.0 Å². The molecule has 0 aliphatic carbocycles. The van der Waals surface area contributed by atoms with E-state index in [0.717, 1.165) is 19.4 Å². The zero-order valence-electron chi connectivity index (χ0n) is 19.8. The lowest BCUT2D eigenvalue weighted by molar-refractivity contribution is -0.292. The quantitative estimate of drug-likeness (QED) is 0.391. The number of hydrogen-bond acceptors (Lipinski definition) is 3. The molecule has 3 rings (SSSR count). The maximum atomic E-state index is 13.9. The van der Waals surface area contributed by atoms with Crippen LogP contribution in [0.15, 0.2) is 36.7 Å². The van der Waals surface area contributed by atoms with E-state index in [4.69, 9.17) is 0 Å². The maximum absolute atomic E-state index is 13.9. The second-order valence-electron chi connectivity index (χ2n) is 9.15. The summed E-state index contributed by atoms with van der Waals surface area (Å²) in [5.74, 6) is -7.01. The van der Waals surface area contributed by atoms with Crippen LogP contribution in [0.4, 0.5) is 39.9 Å². The van der Waals surface area contributed by atoms with Gasteiger partial charge in [-0.05, 0) is 38.0 Å². The van der Waals surface area contributed by atoms with Crippen molar-refractivity contribution in [1.82, 2.24) is 24.5 Å². The molecule has 15 heteroatoms. The molecule has 2 aromatic heterocycles. The van der Waals surface area contributed by atoms with Gasteiger partial charge in [-0.3, -0.25) is 4.90 Å². The number of nitrogens with zero attached hydrogens (tertiary/aromatic N) is 5. The summed E-state index contributed by atoms with van der Waals surface area (Å²) in [5, 5.41) is 16.1. The molecule has 0 spiro atoms. The Bertz CT molecular complexity index is 1300. The van der Waals surface area contributed by atoms with Gasteiger partial charge in [0.2, 0.25) is 0 Å². The van der Waals surface area contributed by atoms with Gasteiger partial charge in [0, 0.05) is 30.9 Å². The van der Waals surface area contributed by atoms with Gasteiger partial charge in [-0.2, -0.15) is 45.3 Å². The van der Waals surface area contributed by atoms with Gasteiger partial charge in [-0.15, -0.1) is 0 Å². The number of hydrogen-bond donors (Lipinski definition) is 1. The third-order valence-electron chi connectivity index (χ3n) is 5.40. The van der Waals surface area contributed by atoms with Crippen LogP contribution in [0.5, 0.6) is 0 Å². The number of benzene rings is 1. The number of amides is 1. The average molecular weight is 539 g/mol. The monoisotopic (exact) mass is 539 g/mol. The Kier molecular flexibility index (Phi) is 6.81. The number of halogens is 8. The molecule has 3 aromatic rings. The number of carbonyl (C=O) groups is 1. The Morgan fingerprint density at radius 1 is 1.03 bits per heavy atom. The largest absolute Gasteiger partial charge is 0.465 e. The minimum absolute atomic E-state index is 0.0172. The predicted molar refractivity (Wildman–Crippen MR) is 114 cm³/mol. The molecular formula is C22H21F8N5O2. The molecule has 0 saturated heterocycles. The van der Waals surface area contributed by atoms with Crippen molar-refractivity contribution in [3.8, 4) is 16.9 Å². The summed E-state index contributed by atoms with van der Waals surface area (Å²) >= 11 is 0. The van der Waals surface area contributed by atoms with Gasteiger partial charge in [0.05, 0.1) is 6.20 Å². The zero-order chi connectivity index (χ0) is 28.1. The van der Waals surface area contributed by atoms with Crippen LogP contribution in [0.3, 0.4) is 0 Å².